The number of methoxy groups -OCH3 is 1. The van der Waals surface area contributed by atoms with Crippen molar-refractivity contribution in [1.82, 2.24) is 5.32 Å². The van der Waals surface area contributed by atoms with Crippen LogP contribution in [-0.4, -0.2) is 25.0 Å². The predicted octanol–water partition coefficient (Wildman–Crippen LogP) is 8.24. The fourth-order valence-electron chi connectivity index (χ4n) is 4.28. The Morgan fingerprint density at radius 2 is 1.55 bits per heavy atom. The van der Waals surface area contributed by atoms with Crippen molar-refractivity contribution in [2.45, 2.75) is 13.2 Å². The highest BCUT2D eigenvalue weighted by molar-refractivity contribution is 9.10. The molecule has 0 unspecified atom stereocenters. The van der Waals surface area contributed by atoms with Gasteiger partial charge in [-0.2, -0.15) is 0 Å². The molecule has 0 aromatic heterocycles. The van der Waals surface area contributed by atoms with E-state index in [0.29, 0.717) is 47.9 Å². The number of benzene rings is 4. The van der Waals surface area contributed by atoms with E-state index in [1.807, 2.05) is 18.2 Å². The molecule has 4 aromatic rings. The summed E-state index contributed by atoms with van der Waals surface area (Å²) in [5, 5.41) is 3.76. The minimum atomic E-state index is -0.870. The Morgan fingerprint density at radius 3 is 2.25 bits per heavy atom. The van der Waals surface area contributed by atoms with E-state index in [2.05, 4.69) is 21.2 Å². The second kappa shape index (κ2) is 13.7. The lowest BCUT2D eigenvalue weighted by molar-refractivity contribution is -0.122. The molecule has 0 bridgehead atoms. The number of urea groups is 1. The van der Waals surface area contributed by atoms with Gasteiger partial charge in [-0.3, -0.25) is 14.9 Å². The van der Waals surface area contributed by atoms with Crippen LogP contribution < -0.4 is 24.4 Å². The number of hydrogen-bond acceptors (Lipinski definition) is 6. The van der Waals surface area contributed by atoms with E-state index in [9.17, 15) is 14.4 Å². The van der Waals surface area contributed by atoms with Gasteiger partial charge >= 0.3 is 6.03 Å². The van der Waals surface area contributed by atoms with Crippen LogP contribution >= 0.6 is 50.7 Å². The summed E-state index contributed by atoms with van der Waals surface area (Å²) in [6.45, 7) is 0.370. The average molecular weight is 717 g/mol. The van der Waals surface area contributed by atoms with Crippen LogP contribution in [-0.2, 0) is 22.8 Å². The Balaban J connectivity index is 1.35. The molecule has 1 N–H and O–H groups in total. The summed E-state index contributed by atoms with van der Waals surface area (Å²) < 4.78 is 17.8. The first-order valence-corrected chi connectivity index (χ1v) is 14.9. The topological polar surface area (TPSA) is 94.2 Å². The molecule has 4 amide bonds. The van der Waals surface area contributed by atoms with Gasteiger partial charge in [0.25, 0.3) is 11.8 Å². The predicted molar refractivity (Wildman–Crippen MR) is 173 cm³/mol. The Bertz CT molecular complexity index is 1800. The third kappa shape index (κ3) is 7.03. The number of amides is 4. The number of anilines is 1. The molecule has 1 fully saturated rings. The number of hydrogen-bond donors (Lipinski definition) is 1. The highest BCUT2D eigenvalue weighted by Gasteiger charge is 2.37. The van der Waals surface area contributed by atoms with Crippen molar-refractivity contribution in [1.29, 1.82) is 0 Å². The van der Waals surface area contributed by atoms with Crippen molar-refractivity contribution in [3.8, 4) is 17.2 Å². The lowest BCUT2D eigenvalue weighted by Gasteiger charge is -2.26. The van der Waals surface area contributed by atoms with Gasteiger partial charge in [-0.05, 0) is 82.2 Å². The van der Waals surface area contributed by atoms with Crippen LogP contribution in [0, 0.1) is 0 Å². The summed E-state index contributed by atoms with van der Waals surface area (Å²) in [6, 6.07) is 21.1. The quantitative estimate of drug-likeness (QED) is 0.139. The number of nitrogens with zero attached hydrogens (tertiary/aromatic N) is 1. The highest BCUT2D eigenvalue weighted by Crippen LogP contribution is 2.38. The monoisotopic (exact) mass is 714 g/mol. The van der Waals surface area contributed by atoms with Gasteiger partial charge in [0.1, 0.15) is 24.5 Å². The van der Waals surface area contributed by atoms with E-state index < -0.39 is 17.8 Å². The van der Waals surface area contributed by atoms with Gasteiger partial charge in [-0.1, -0.05) is 59.1 Å². The van der Waals surface area contributed by atoms with Gasteiger partial charge in [0.15, 0.2) is 11.5 Å². The standard InChI is InChI=1S/C32H22BrCl3N2O6/c1-42-28-14-18(13-25(33)29(28)44-17-20-6-7-21(34)15-27(20)36)12-24-30(39)37-32(41)38(31(24)40)22-8-10-23(11-9-22)43-16-19-4-2-3-5-26(19)35/h2-15H,16-17H2,1H3,(H,37,39,41)/b24-12+. The molecule has 0 spiro atoms. The van der Waals surface area contributed by atoms with Gasteiger partial charge < -0.3 is 14.2 Å². The average Bonchev–Trinajstić information content (AvgIpc) is 2.99. The van der Waals surface area contributed by atoms with E-state index >= 15 is 0 Å². The summed E-state index contributed by atoms with van der Waals surface area (Å²) in [7, 11) is 1.46. The number of ether oxygens (including phenoxy) is 3. The number of carbonyl (C=O) groups excluding carboxylic acids is 3. The molecule has 0 aliphatic carbocycles. The largest absolute Gasteiger partial charge is 0.493 e. The molecule has 1 aliphatic rings. The van der Waals surface area contributed by atoms with Crippen molar-refractivity contribution in [3.05, 3.63) is 121 Å². The maximum atomic E-state index is 13.4. The number of rotatable bonds is 9. The highest BCUT2D eigenvalue weighted by atomic mass is 79.9. The molecular weight excluding hydrogens is 695 g/mol. The maximum absolute atomic E-state index is 13.4. The van der Waals surface area contributed by atoms with Crippen LogP contribution in [0.3, 0.4) is 0 Å². The Kier molecular flexibility index (Phi) is 9.80. The van der Waals surface area contributed by atoms with Gasteiger partial charge in [0, 0.05) is 26.2 Å². The van der Waals surface area contributed by atoms with E-state index in [0.717, 1.165) is 10.5 Å². The number of barbiturate groups is 1. The number of carbonyl (C=O) groups is 3. The molecule has 12 heteroatoms. The van der Waals surface area contributed by atoms with Gasteiger partial charge in [0.2, 0.25) is 0 Å². The van der Waals surface area contributed by atoms with Gasteiger partial charge in [-0.25, -0.2) is 9.69 Å². The lowest BCUT2D eigenvalue weighted by Crippen LogP contribution is -2.54. The van der Waals surface area contributed by atoms with Crippen molar-refractivity contribution in [3.63, 3.8) is 0 Å². The number of imide groups is 2. The minimum Gasteiger partial charge on any atom is -0.493 e. The molecule has 1 heterocycles. The maximum Gasteiger partial charge on any atom is 0.335 e. The molecule has 224 valence electrons. The summed E-state index contributed by atoms with van der Waals surface area (Å²) >= 11 is 21.9. The zero-order chi connectivity index (χ0) is 31.4. The SMILES string of the molecule is COc1cc(/C=C2\C(=O)NC(=O)N(c3ccc(OCc4ccccc4Cl)cc3)C2=O)cc(Br)c1OCc1ccc(Cl)cc1Cl. The van der Waals surface area contributed by atoms with E-state index in [1.165, 1.54) is 13.2 Å². The zero-order valence-electron chi connectivity index (χ0n) is 22.9. The first-order valence-electron chi connectivity index (χ1n) is 13.0. The second-order valence-electron chi connectivity index (χ2n) is 9.39. The third-order valence-electron chi connectivity index (χ3n) is 6.50. The summed E-state index contributed by atoms with van der Waals surface area (Å²) in [4.78, 5) is 39.8. The Labute approximate surface area is 276 Å². The molecule has 44 heavy (non-hydrogen) atoms. The molecule has 1 saturated heterocycles. The first-order chi connectivity index (χ1) is 21.1. The molecule has 0 radical (unpaired) electrons. The summed E-state index contributed by atoms with van der Waals surface area (Å²) in [5.74, 6) is -0.406. The zero-order valence-corrected chi connectivity index (χ0v) is 26.8. The van der Waals surface area contributed by atoms with Crippen molar-refractivity contribution in [2.75, 3.05) is 12.0 Å². The number of nitrogens with one attached hydrogen (secondary N) is 1. The van der Waals surface area contributed by atoms with E-state index in [1.54, 1.807) is 60.7 Å². The third-order valence-corrected chi connectivity index (χ3v) is 8.04. The molecular formula is C32H22BrCl3N2O6. The fraction of sp³-hybridized carbons (Fsp3) is 0.0938. The van der Waals surface area contributed by atoms with Crippen molar-refractivity contribution >= 4 is 80.3 Å². The molecule has 8 nitrogen and oxygen atoms in total. The van der Waals surface area contributed by atoms with Gasteiger partial charge in [0.05, 0.1) is 17.3 Å². The van der Waals surface area contributed by atoms with Crippen LogP contribution in [0.1, 0.15) is 16.7 Å². The second-order valence-corrected chi connectivity index (χ2v) is 11.5. The molecule has 4 aromatic carbocycles. The van der Waals surface area contributed by atoms with Crippen LogP contribution in [0.2, 0.25) is 15.1 Å². The smallest absolute Gasteiger partial charge is 0.335 e. The fourth-order valence-corrected chi connectivity index (χ4v) is 5.51. The van der Waals surface area contributed by atoms with Crippen molar-refractivity contribution in [2.24, 2.45) is 0 Å². The van der Waals surface area contributed by atoms with Crippen LogP contribution in [0.15, 0.2) is 88.9 Å². The van der Waals surface area contributed by atoms with Crippen molar-refractivity contribution < 1.29 is 28.6 Å². The minimum absolute atomic E-state index is 0.132. The molecule has 0 atom stereocenters. The molecule has 0 saturated carbocycles. The normalized spacial score (nSPS) is 14.1. The molecule has 5 rings (SSSR count). The lowest BCUT2D eigenvalue weighted by atomic mass is 10.1. The van der Waals surface area contributed by atoms with Crippen LogP contribution in [0.5, 0.6) is 17.2 Å². The van der Waals surface area contributed by atoms with Gasteiger partial charge in [-0.15, -0.1) is 0 Å². The van der Waals surface area contributed by atoms with Crippen LogP contribution in [0.25, 0.3) is 6.08 Å². The summed E-state index contributed by atoms with van der Waals surface area (Å²) in [6.07, 6.45) is 1.37. The molecule has 1 aliphatic heterocycles. The number of halogens is 4. The van der Waals surface area contributed by atoms with E-state index in [-0.39, 0.29) is 24.5 Å². The summed E-state index contributed by atoms with van der Waals surface area (Å²) in [5.41, 5.74) is 1.97. The first kappa shape index (κ1) is 31.4. The Morgan fingerprint density at radius 1 is 0.841 bits per heavy atom. The Hall–Kier alpha value is -4.02. The van der Waals surface area contributed by atoms with E-state index in [4.69, 9.17) is 49.0 Å². The van der Waals surface area contributed by atoms with Crippen LogP contribution in [0.4, 0.5) is 10.5 Å².